The normalized spacial score (nSPS) is 14.5. The van der Waals surface area contributed by atoms with Crippen LogP contribution in [-0.2, 0) is 0 Å². The van der Waals surface area contributed by atoms with Gasteiger partial charge in [-0.1, -0.05) is 59.2 Å². The zero-order chi connectivity index (χ0) is 16.5. The molecule has 0 aliphatic carbocycles. The molecule has 0 bridgehead atoms. The van der Waals surface area contributed by atoms with Gasteiger partial charge in [-0.2, -0.15) is 4.98 Å². The SMILES string of the molecule is O=C(c1ccccc1Cl)N1CC(c2nc(-c3ccccc3)no2)C1. The van der Waals surface area contributed by atoms with E-state index in [0.717, 1.165) is 5.56 Å². The molecule has 0 radical (unpaired) electrons. The van der Waals surface area contributed by atoms with Gasteiger partial charge in [0, 0.05) is 18.7 Å². The molecular formula is C18H14ClN3O2. The molecule has 0 N–H and O–H groups in total. The zero-order valence-corrected chi connectivity index (χ0v) is 13.5. The van der Waals surface area contributed by atoms with Crippen LogP contribution in [-0.4, -0.2) is 34.0 Å². The van der Waals surface area contributed by atoms with E-state index in [1.807, 2.05) is 36.4 Å². The lowest BCUT2D eigenvalue weighted by Crippen LogP contribution is -2.48. The Labute approximate surface area is 143 Å². The predicted molar refractivity (Wildman–Crippen MR) is 89.8 cm³/mol. The van der Waals surface area contributed by atoms with Crippen LogP contribution in [0.25, 0.3) is 11.4 Å². The third-order valence-electron chi connectivity index (χ3n) is 4.10. The van der Waals surface area contributed by atoms with E-state index >= 15 is 0 Å². The minimum Gasteiger partial charge on any atom is -0.339 e. The number of carbonyl (C=O) groups excluding carboxylic acids is 1. The van der Waals surface area contributed by atoms with Crippen molar-refractivity contribution in [2.24, 2.45) is 0 Å². The number of aromatic nitrogens is 2. The molecule has 1 aromatic heterocycles. The summed E-state index contributed by atoms with van der Waals surface area (Å²) in [5, 5.41) is 4.49. The van der Waals surface area contributed by atoms with Crippen molar-refractivity contribution in [3.05, 3.63) is 71.1 Å². The highest BCUT2D eigenvalue weighted by Gasteiger charge is 2.36. The van der Waals surface area contributed by atoms with Crippen LogP contribution < -0.4 is 0 Å². The molecule has 1 amide bonds. The Morgan fingerprint density at radius 3 is 2.54 bits per heavy atom. The Bertz CT molecular complexity index is 873. The van der Waals surface area contributed by atoms with Crippen molar-refractivity contribution in [1.82, 2.24) is 15.0 Å². The fraction of sp³-hybridized carbons (Fsp3) is 0.167. The molecule has 1 saturated heterocycles. The lowest BCUT2D eigenvalue weighted by Gasteiger charge is -2.37. The molecule has 0 unspecified atom stereocenters. The van der Waals surface area contributed by atoms with E-state index in [1.165, 1.54) is 0 Å². The molecule has 0 atom stereocenters. The molecule has 4 rings (SSSR count). The van der Waals surface area contributed by atoms with Crippen LogP contribution in [0, 0.1) is 0 Å². The van der Waals surface area contributed by atoms with Crippen LogP contribution in [0.5, 0.6) is 0 Å². The predicted octanol–water partition coefficient (Wildman–Crippen LogP) is 3.63. The van der Waals surface area contributed by atoms with Gasteiger partial charge in [0.1, 0.15) is 0 Å². The molecule has 2 aromatic carbocycles. The maximum absolute atomic E-state index is 12.4. The molecule has 1 aliphatic heterocycles. The van der Waals surface area contributed by atoms with Gasteiger partial charge in [-0.25, -0.2) is 0 Å². The van der Waals surface area contributed by atoms with Gasteiger partial charge in [0.15, 0.2) is 0 Å². The van der Waals surface area contributed by atoms with Crippen molar-refractivity contribution in [2.45, 2.75) is 5.92 Å². The smallest absolute Gasteiger partial charge is 0.255 e. The average Bonchev–Trinajstić information content (AvgIpc) is 3.04. The summed E-state index contributed by atoms with van der Waals surface area (Å²) < 4.78 is 5.36. The van der Waals surface area contributed by atoms with E-state index in [4.69, 9.17) is 16.1 Å². The summed E-state index contributed by atoms with van der Waals surface area (Å²) in [5.41, 5.74) is 1.43. The van der Waals surface area contributed by atoms with Gasteiger partial charge < -0.3 is 9.42 Å². The first-order valence-electron chi connectivity index (χ1n) is 7.65. The van der Waals surface area contributed by atoms with E-state index in [9.17, 15) is 4.79 Å². The number of benzene rings is 2. The molecular weight excluding hydrogens is 326 g/mol. The van der Waals surface area contributed by atoms with Gasteiger partial charge in [-0.05, 0) is 12.1 Å². The van der Waals surface area contributed by atoms with Crippen molar-refractivity contribution in [1.29, 1.82) is 0 Å². The molecule has 6 heteroatoms. The van der Waals surface area contributed by atoms with Gasteiger partial charge in [0.05, 0.1) is 16.5 Å². The number of halogens is 1. The summed E-state index contributed by atoms with van der Waals surface area (Å²) in [6, 6.07) is 16.7. The first-order valence-corrected chi connectivity index (χ1v) is 8.03. The summed E-state index contributed by atoms with van der Waals surface area (Å²) in [6.45, 7) is 1.11. The number of nitrogens with zero attached hydrogens (tertiary/aromatic N) is 3. The van der Waals surface area contributed by atoms with Gasteiger partial charge in [0.25, 0.3) is 5.91 Å². The number of hydrogen-bond acceptors (Lipinski definition) is 4. The van der Waals surface area contributed by atoms with E-state index < -0.39 is 0 Å². The van der Waals surface area contributed by atoms with Gasteiger partial charge in [0.2, 0.25) is 11.7 Å². The van der Waals surface area contributed by atoms with Crippen LogP contribution >= 0.6 is 11.6 Å². The Kier molecular flexibility index (Phi) is 3.78. The van der Waals surface area contributed by atoms with Gasteiger partial charge in [-0.3, -0.25) is 4.79 Å². The largest absolute Gasteiger partial charge is 0.339 e. The minimum absolute atomic E-state index is 0.0698. The van der Waals surface area contributed by atoms with E-state index in [-0.39, 0.29) is 11.8 Å². The van der Waals surface area contributed by atoms with Gasteiger partial charge >= 0.3 is 0 Å². The fourth-order valence-corrected chi connectivity index (χ4v) is 2.93. The number of hydrogen-bond donors (Lipinski definition) is 0. The van der Waals surface area contributed by atoms with Crippen LogP contribution in [0.3, 0.4) is 0 Å². The molecule has 1 fully saturated rings. The number of amides is 1. The van der Waals surface area contributed by atoms with E-state index in [0.29, 0.717) is 35.4 Å². The molecule has 0 saturated carbocycles. The van der Waals surface area contributed by atoms with Crippen molar-refractivity contribution < 1.29 is 9.32 Å². The minimum atomic E-state index is -0.0698. The Morgan fingerprint density at radius 1 is 1.08 bits per heavy atom. The standard InChI is InChI=1S/C18H14ClN3O2/c19-15-9-5-4-8-14(15)18(23)22-10-13(11-22)17-20-16(21-24-17)12-6-2-1-3-7-12/h1-9,13H,10-11H2. The average molecular weight is 340 g/mol. The summed E-state index contributed by atoms with van der Waals surface area (Å²) in [6.07, 6.45) is 0. The third-order valence-corrected chi connectivity index (χ3v) is 4.43. The van der Waals surface area contributed by atoms with Crippen molar-refractivity contribution >= 4 is 17.5 Å². The van der Waals surface area contributed by atoms with Crippen molar-refractivity contribution in [3.8, 4) is 11.4 Å². The highest BCUT2D eigenvalue weighted by Crippen LogP contribution is 2.30. The molecule has 5 nitrogen and oxygen atoms in total. The first kappa shape index (κ1) is 14.9. The van der Waals surface area contributed by atoms with Crippen LogP contribution in [0.1, 0.15) is 22.2 Å². The summed E-state index contributed by atoms with van der Waals surface area (Å²) >= 11 is 6.08. The Morgan fingerprint density at radius 2 is 1.79 bits per heavy atom. The highest BCUT2D eigenvalue weighted by atomic mass is 35.5. The number of carbonyl (C=O) groups is 1. The number of rotatable bonds is 3. The second-order valence-electron chi connectivity index (χ2n) is 5.71. The lowest BCUT2D eigenvalue weighted by molar-refractivity contribution is 0.0569. The monoisotopic (exact) mass is 339 g/mol. The summed E-state index contributed by atoms with van der Waals surface area (Å²) in [5.74, 6) is 1.14. The third kappa shape index (κ3) is 2.67. The summed E-state index contributed by atoms with van der Waals surface area (Å²) in [4.78, 5) is 18.6. The molecule has 2 heterocycles. The Balaban J connectivity index is 1.44. The first-order chi connectivity index (χ1) is 11.7. The molecule has 1 aliphatic rings. The molecule has 3 aromatic rings. The molecule has 120 valence electrons. The fourth-order valence-electron chi connectivity index (χ4n) is 2.71. The van der Waals surface area contributed by atoms with Crippen LogP contribution in [0.2, 0.25) is 5.02 Å². The second kappa shape index (κ2) is 6.09. The maximum Gasteiger partial charge on any atom is 0.255 e. The summed E-state index contributed by atoms with van der Waals surface area (Å²) in [7, 11) is 0. The van der Waals surface area contributed by atoms with Crippen molar-refractivity contribution in [2.75, 3.05) is 13.1 Å². The van der Waals surface area contributed by atoms with Crippen LogP contribution in [0.4, 0.5) is 0 Å². The van der Waals surface area contributed by atoms with Crippen molar-refractivity contribution in [3.63, 3.8) is 0 Å². The quantitative estimate of drug-likeness (QED) is 0.731. The Hall–Kier alpha value is -2.66. The van der Waals surface area contributed by atoms with E-state index in [1.54, 1.807) is 23.1 Å². The highest BCUT2D eigenvalue weighted by molar-refractivity contribution is 6.33. The maximum atomic E-state index is 12.4. The molecule has 24 heavy (non-hydrogen) atoms. The second-order valence-corrected chi connectivity index (χ2v) is 6.12. The zero-order valence-electron chi connectivity index (χ0n) is 12.7. The molecule has 0 spiro atoms. The van der Waals surface area contributed by atoms with E-state index in [2.05, 4.69) is 10.1 Å². The van der Waals surface area contributed by atoms with Gasteiger partial charge in [-0.15, -0.1) is 0 Å². The topological polar surface area (TPSA) is 59.2 Å². The lowest BCUT2D eigenvalue weighted by atomic mass is 9.98. The van der Waals surface area contributed by atoms with Crippen LogP contribution in [0.15, 0.2) is 59.1 Å². The number of likely N-dealkylation sites (tertiary alicyclic amines) is 1.